The SMILES string of the molecule is Cc1cccc(CCC(C)NCc2ncccc2C)c1. The minimum atomic E-state index is 0.497. The van der Waals surface area contributed by atoms with Crippen LogP contribution in [0.4, 0.5) is 0 Å². The zero-order valence-electron chi connectivity index (χ0n) is 12.7. The highest BCUT2D eigenvalue weighted by molar-refractivity contribution is 5.22. The fourth-order valence-electron chi connectivity index (χ4n) is 2.33. The van der Waals surface area contributed by atoms with Crippen molar-refractivity contribution in [2.45, 2.75) is 46.2 Å². The van der Waals surface area contributed by atoms with Crippen molar-refractivity contribution < 1.29 is 0 Å². The smallest absolute Gasteiger partial charge is 0.0570 e. The van der Waals surface area contributed by atoms with Crippen LogP contribution in [0.15, 0.2) is 42.6 Å². The molecular weight excluding hydrogens is 244 g/mol. The Morgan fingerprint density at radius 1 is 1.15 bits per heavy atom. The van der Waals surface area contributed by atoms with Gasteiger partial charge in [0.1, 0.15) is 0 Å². The molecule has 2 rings (SSSR count). The second-order valence-corrected chi connectivity index (χ2v) is 5.58. The number of hydrogen-bond acceptors (Lipinski definition) is 2. The number of pyridine rings is 1. The van der Waals surface area contributed by atoms with Gasteiger partial charge in [-0.05, 0) is 50.8 Å². The van der Waals surface area contributed by atoms with Crippen LogP contribution in [0.5, 0.6) is 0 Å². The van der Waals surface area contributed by atoms with E-state index in [-0.39, 0.29) is 0 Å². The number of benzene rings is 1. The Morgan fingerprint density at radius 2 is 2.00 bits per heavy atom. The van der Waals surface area contributed by atoms with Gasteiger partial charge in [0.15, 0.2) is 0 Å². The van der Waals surface area contributed by atoms with Crippen molar-refractivity contribution in [2.24, 2.45) is 0 Å². The molecule has 0 radical (unpaired) electrons. The molecule has 20 heavy (non-hydrogen) atoms. The lowest BCUT2D eigenvalue weighted by atomic mass is 10.0. The van der Waals surface area contributed by atoms with E-state index < -0.39 is 0 Å². The van der Waals surface area contributed by atoms with E-state index in [9.17, 15) is 0 Å². The van der Waals surface area contributed by atoms with Crippen molar-refractivity contribution in [1.82, 2.24) is 10.3 Å². The molecule has 1 N–H and O–H groups in total. The van der Waals surface area contributed by atoms with Crippen molar-refractivity contribution in [3.8, 4) is 0 Å². The Kier molecular flexibility index (Phi) is 5.31. The highest BCUT2D eigenvalue weighted by Crippen LogP contribution is 2.09. The average Bonchev–Trinajstić information content (AvgIpc) is 2.44. The Hall–Kier alpha value is -1.67. The highest BCUT2D eigenvalue weighted by Gasteiger charge is 2.04. The van der Waals surface area contributed by atoms with Crippen LogP contribution >= 0.6 is 0 Å². The van der Waals surface area contributed by atoms with E-state index in [2.05, 4.69) is 61.4 Å². The van der Waals surface area contributed by atoms with Crippen LogP contribution in [-0.4, -0.2) is 11.0 Å². The minimum absolute atomic E-state index is 0.497. The molecule has 1 heterocycles. The summed E-state index contributed by atoms with van der Waals surface area (Å²) in [5.41, 5.74) is 5.17. The predicted octanol–water partition coefficient (Wildman–Crippen LogP) is 3.81. The molecule has 0 aliphatic rings. The van der Waals surface area contributed by atoms with E-state index in [0.717, 1.165) is 25.1 Å². The Bertz CT molecular complexity index is 549. The fourth-order valence-corrected chi connectivity index (χ4v) is 2.33. The van der Waals surface area contributed by atoms with Crippen LogP contribution in [-0.2, 0) is 13.0 Å². The standard InChI is InChI=1S/C18H24N2/c1-14-6-4-8-17(12-14)10-9-16(3)20-13-18-15(2)7-5-11-19-18/h4-8,11-12,16,20H,9-10,13H2,1-3H3. The highest BCUT2D eigenvalue weighted by atomic mass is 14.9. The first-order valence-electron chi connectivity index (χ1n) is 7.34. The minimum Gasteiger partial charge on any atom is -0.309 e. The van der Waals surface area contributed by atoms with Crippen molar-refractivity contribution in [2.75, 3.05) is 0 Å². The van der Waals surface area contributed by atoms with Gasteiger partial charge >= 0.3 is 0 Å². The molecule has 0 saturated heterocycles. The maximum absolute atomic E-state index is 4.42. The Balaban J connectivity index is 1.78. The van der Waals surface area contributed by atoms with E-state index in [1.165, 1.54) is 16.7 Å². The summed E-state index contributed by atoms with van der Waals surface area (Å²) in [5, 5.41) is 3.56. The summed E-state index contributed by atoms with van der Waals surface area (Å²) in [7, 11) is 0. The molecule has 0 amide bonds. The molecule has 0 aliphatic carbocycles. The van der Waals surface area contributed by atoms with E-state index in [0.29, 0.717) is 6.04 Å². The maximum atomic E-state index is 4.42. The second kappa shape index (κ2) is 7.20. The number of nitrogens with one attached hydrogen (secondary N) is 1. The van der Waals surface area contributed by atoms with Gasteiger partial charge in [-0.15, -0.1) is 0 Å². The predicted molar refractivity (Wildman–Crippen MR) is 84.8 cm³/mol. The van der Waals surface area contributed by atoms with Gasteiger partial charge in [-0.25, -0.2) is 0 Å². The topological polar surface area (TPSA) is 24.9 Å². The summed E-state index contributed by atoms with van der Waals surface area (Å²) in [6, 6.07) is 13.4. The van der Waals surface area contributed by atoms with E-state index >= 15 is 0 Å². The molecule has 1 aromatic carbocycles. The zero-order valence-corrected chi connectivity index (χ0v) is 12.7. The van der Waals surface area contributed by atoms with E-state index in [4.69, 9.17) is 0 Å². The number of hydrogen-bond donors (Lipinski definition) is 1. The first kappa shape index (κ1) is 14.7. The largest absolute Gasteiger partial charge is 0.309 e. The molecule has 1 unspecified atom stereocenters. The third-order valence-corrected chi connectivity index (χ3v) is 3.68. The molecule has 2 heteroatoms. The van der Waals surface area contributed by atoms with Crippen LogP contribution in [0.3, 0.4) is 0 Å². The molecule has 1 aromatic heterocycles. The summed E-state index contributed by atoms with van der Waals surface area (Å²) in [6.07, 6.45) is 4.13. The third kappa shape index (κ3) is 4.46. The van der Waals surface area contributed by atoms with Gasteiger partial charge in [0.2, 0.25) is 0 Å². The van der Waals surface area contributed by atoms with Crippen LogP contribution in [0.2, 0.25) is 0 Å². The quantitative estimate of drug-likeness (QED) is 0.861. The lowest BCUT2D eigenvalue weighted by Gasteiger charge is -2.14. The van der Waals surface area contributed by atoms with Gasteiger partial charge in [-0.3, -0.25) is 4.98 Å². The third-order valence-electron chi connectivity index (χ3n) is 3.68. The molecule has 1 atom stereocenters. The van der Waals surface area contributed by atoms with Gasteiger partial charge in [0, 0.05) is 18.8 Å². The zero-order chi connectivity index (χ0) is 14.4. The molecule has 2 nitrogen and oxygen atoms in total. The molecule has 0 bridgehead atoms. The first-order chi connectivity index (χ1) is 9.65. The van der Waals surface area contributed by atoms with Crippen LogP contribution in [0, 0.1) is 13.8 Å². The number of rotatable bonds is 6. The van der Waals surface area contributed by atoms with Gasteiger partial charge in [-0.2, -0.15) is 0 Å². The molecule has 2 aromatic rings. The maximum Gasteiger partial charge on any atom is 0.0570 e. The monoisotopic (exact) mass is 268 g/mol. The number of aryl methyl sites for hydroxylation is 3. The van der Waals surface area contributed by atoms with Crippen molar-refractivity contribution in [1.29, 1.82) is 0 Å². The van der Waals surface area contributed by atoms with Crippen LogP contribution < -0.4 is 5.32 Å². The summed E-state index contributed by atoms with van der Waals surface area (Å²) in [6.45, 7) is 7.35. The van der Waals surface area contributed by atoms with E-state index in [1.807, 2.05) is 12.3 Å². The van der Waals surface area contributed by atoms with Crippen molar-refractivity contribution in [3.63, 3.8) is 0 Å². The summed E-state index contributed by atoms with van der Waals surface area (Å²) in [5.74, 6) is 0. The first-order valence-corrected chi connectivity index (χ1v) is 7.34. The molecule has 106 valence electrons. The molecular formula is C18H24N2. The molecule has 0 saturated carbocycles. The lowest BCUT2D eigenvalue weighted by molar-refractivity contribution is 0.509. The molecule has 0 aliphatic heterocycles. The van der Waals surface area contributed by atoms with Gasteiger partial charge in [0.25, 0.3) is 0 Å². The second-order valence-electron chi connectivity index (χ2n) is 5.58. The van der Waals surface area contributed by atoms with Crippen LogP contribution in [0.25, 0.3) is 0 Å². The molecule has 0 fully saturated rings. The number of nitrogens with zero attached hydrogens (tertiary/aromatic N) is 1. The van der Waals surface area contributed by atoms with E-state index in [1.54, 1.807) is 0 Å². The fraction of sp³-hybridized carbons (Fsp3) is 0.389. The number of aromatic nitrogens is 1. The van der Waals surface area contributed by atoms with Crippen LogP contribution in [0.1, 0.15) is 35.7 Å². The molecule has 0 spiro atoms. The van der Waals surface area contributed by atoms with Gasteiger partial charge in [0.05, 0.1) is 5.69 Å². The summed E-state index contributed by atoms with van der Waals surface area (Å²) < 4.78 is 0. The Labute approximate surface area is 122 Å². The van der Waals surface area contributed by atoms with Crippen molar-refractivity contribution >= 4 is 0 Å². The van der Waals surface area contributed by atoms with Crippen molar-refractivity contribution in [3.05, 3.63) is 65.0 Å². The lowest BCUT2D eigenvalue weighted by Crippen LogP contribution is -2.26. The average molecular weight is 268 g/mol. The summed E-state index contributed by atoms with van der Waals surface area (Å²) >= 11 is 0. The van der Waals surface area contributed by atoms with Gasteiger partial charge in [-0.1, -0.05) is 35.9 Å². The summed E-state index contributed by atoms with van der Waals surface area (Å²) in [4.78, 5) is 4.42. The van der Waals surface area contributed by atoms with Gasteiger partial charge < -0.3 is 5.32 Å². The Morgan fingerprint density at radius 3 is 2.75 bits per heavy atom. The normalized spacial score (nSPS) is 12.3.